The Balaban J connectivity index is 1.80. The number of amides is 1. The van der Waals surface area contributed by atoms with Crippen molar-refractivity contribution < 1.29 is 14.7 Å². The molecule has 0 saturated carbocycles. The summed E-state index contributed by atoms with van der Waals surface area (Å²) in [6, 6.07) is -0.0755. The van der Waals surface area contributed by atoms with Gasteiger partial charge in [0, 0.05) is 13.1 Å². The standard InChI is InChI=1S/C10H16N2O3/c13-9(8-3-1-2-4-11-8)12-5-7(6-12)10(14)15/h7-8,11H,1-6H2,(H,14,15)/t8-/m1/s1. The Morgan fingerprint density at radius 1 is 1.27 bits per heavy atom. The molecule has 0 aromatic carbocycles. The van der Waals surface area contributed by atoms with E-state index >= 15 is 0 Å². The van der Waals surface area contributed by atoms with Crippen LogP contribution in [0.25, 0.3) is 0 Å². The number of nitrogens with zero attached hydrogens (tertiary/aromatic N) is 1. The summed E-state index contributed by atoms with van der Waals surface area (Å²) < 4.78 is 0. The molecule has 84 valence electrons. The minimum atomic E-state index is -0.796. The Hall–Kier alpha value is -1.10. The second-order valence-electron chi connectivity index (χ2n) is 4.28. The Bertz CT molecular complexity index is 268. The summed E-state index contributed by atoms with van der Waals surface area (Å²) in [4.78, 5) is 24.0. The summed E-state index contributed by atoms with van der Waals surface area (Å²) in [7, 11) is 0. The van der Waals surface area contributed by atoms with Crippen LogP contribution < -0.4 is 5.32 Å². The molecular formula is C10H16N2O3. The predicted octanol–water partition coefficient (Wildman–Crippen LogP) is -0.329. The molecule has 5 heteroatoms. The number of hydrogen-bond donors (Lipinski definition) is 2. The van der Waals surface area contributed by atoms with E-state index in [1.807, 2.05) is 0 Å². The highest BCUT2D eigenvalue weighted by Gasteiger charge is 2.38. The Labute approximate surface area is 88.4 Å². The zero-order valence-corrected chi connectivity index (χ0v) is 8.61. The number of carbonyl (C=O) groups is 2. The first-order valence-corrected chi connectivity index (χ1v) is 5.43. The maximum atomic E-state index is 11.8. The molecule has 0 unspecified atom stereocenters. The minimum Gasteiger partial charge on any atom is -0.481 e. The number of carbonyl (C=O) groups excluding carboxylic acids is 1. The van der Waals surface area contributed by atoms with Crippen LogP contribution in [0.3, 0.4) is 0 Å². The molecule has 15 heavy (non-hydrogen) atoms. The molecule has 1 atom stereocenters. The zero-order valence-electron chi connectivity index (χ0n) is 8.61. The van der Waals surface area contributed by atoms with Crippen LogP contribution in [0.5, 0.6) is 0 Å². The summed E-state index contributed by atoms with van der Waals surface area (Å²) >= 11 is 0. The second-order valence-corrected chi connectivity index (χ2v) is 4.28. The molecule has 1 amide bonds. The van der Waals surface area contributed by atoms with Gasteiger partial charge in [0.15, 0.2) is 0 Å². The molecule has 2 aliphatic rings. The summed E-state index contributed by atoms with van der Waals surface area (Å²) in [6.07, 6.45) is 3.09. The van der Waals surface area contributed by atoms with Gasteiger partial charge in [-0.25, -0.2) is 0 Å². The third-order valence-electron chi connectivity index (χ3n) is 3.15. The molecule has 0 aromatic heterocycles. The summed E-state index contributed by atoms with van der Waals surface area (Å²) in [5, 5.41) is 11.9. The molecule has 2 fully saturated rings. The van der Waals surface area contributed by atoms with E-state index in [2.05, 4.69) is 5.32 Å². The number of rotatable bonds is 2. The van der Waals surface area contributed by atoms with Crippen molar-refractivity contribution in [2.45, 2.75) is 25.3 Å². The number of aliphatic carboxylic acids is 1. The van der Waals surface area contributed by atoms with Crippen molar-refractivity contribution in [3.8, 4) is 0 Å². The van der Waals surface area contributed by atoms with Crippen LogP contribution in [-0.2, 0) is 9.59 Å². The fourth-order valence-electron chi connectivity index (χ4n) is 2.10. The van der Waals surface area contributed by atoms with E-state index in [-0.39, 0.29) is 17.9 Å². The average molecular weight is 212 g/mol. The van der Waals surface area contributed by atoms with Gasteiger partial charge in [-0.2, -0.15) is 0 Å². The lowest BCUT2D eigenvalue weighted by atomic mass is 9.97. The molecule has 2 N–H and O–H groups in total. The van der Waals surface area contributed by atoms with Crippen LogP contribution >= 0.6 is 0 Å². The number of nitrogens with one attached hydrogen (secondary N) is 1. The maximum Gasteiger partial charge on any atom is 0.310 e. The Morgan fingerprint density at radius 3 is 2.53 bits per heavy atom. The van der Waals surface area contributed by atoms with Crippen molar-refractivity contribution in [2.75, 3.05) is 19.6 Å². The maximum absolute atomic E-state index is 11.8. The zero-order chi connectivity index (χ0) is 10.8. The first kappa shape index (κ1) is 10.4. The van der Waals surface area contributed by atoms with E-state index in [1.54, 1.807) is 4.90 Å². The van der Waals surface area contributed by atoms with E-state index in [9.17, 15) is 9.59 Å². The number of carboxylic acids is 1. The fraction of sp³-hybridized carbons (Fsp3) is 0.800. The van der Waals surface area contributed by atoms with Gasteiger partial charge in [0.1, 0.15) is 0 Å². The monoisotopic (exact) mass is 212 g/mol. The van der Waals surface area contributed by atoms with E-state index in [4.69, 9.17) is 5.11 Å². The van der Waals surface area contributed by atoms with Crippen molar-refractivity contribution in [3.05, 3.63) is 0 Å². The van der Waals surface area contributed by atoms with E-state index < -0.39 is 5.97 Å². The van der Waals surface area contributed by atoms with Gasteiger partial charge in [-0.3, -0.25) is 9.59 Å². The lowest BCUT2D eigenvalue weighted by Crippen LogP contribution is -2.58. The highest BCUT2D eigenvalue weighted by Crippen LogP contribution is 2.19. The fourth-order valence-corrected chi connectivity index (χ4v) is 2.10. The molecule has 5 nitrogen and oxygen atoms in total. The molecule has 2 heterocycles. The summed E-state index contributed by atoms with van der Waals surface area (Å²) in [5.74, 6) is -1.07. The topological polar surface area (TPSA) is 69.6 Å². The molecular weight excluding hydrogens is 196 g/mol. The molecule has 0 aliphatic carbocycles. The third-order valence-corrected chi connectivity index (χ3v) is 3.15. The van der Waals surface area contributed by atoms with Gasteiger partial charge < -0.3 is 15.3 Å². The quantitative estimate of drug-likeness (QED) is 0.657. The van der Waals surface area contributed by atoms with Gasteiger partial charge in [-0.1, -0.05) is 6.42 Å². The Kier molecular flexibility index (Phi) is 2.90. The number of hydrogen-bond acceptors (Lipinski definition) is 3. The van der Waals surface area contributed by atoms with Crippen LogP contribution in [0.1, 0.15) is 19.3 Å². The third kappa shape index (κ3) is 2.12. The van der Waals surface area contributed by atoms with Gasteiger partial charge in [0.05, 0.1) is 12.0 Å². The van der Waals surface area contributed by atoms with Crippen LogP contribution in [0.4, 0.5) is 0 Å². The van der Waals surface area contributed by atoms with Crippen LogP contribution in [0.15, 0.2) is 0 Å². The van der Waals surface area contributed by atoms with E-state index in [1.165, 1.54) is 0 Å². The molecule has 0 spiro atoms. The number of likely N-dealkylation sites (tertiary alicyclic amines) is 1. The highest BCUT2D eigenvalue weighted by atomic mass is 16.4. The van der Waals surface area contributed by atoms with Crippen molar-refractivity contribution in [3.63, 3.8) is 0 Å². The predicted molar refractivity (Wildman–Crippen MR) is 53.3 cm³/mol. The van der Waals surface area contributed by atoms with Gasteiger partial charge in [0.25, 0.3) is 0 Å². The van der Waals surface area contributed by atoms with Crippen molar-refractivity contribution in [2.24, 2.45) is 5.92 Å². The van der Waals surface area contributed by atoms with Crippen LogP contribution in [0.2, 0.25) is 0 Å². The molecule has 2 rings (SSSR count). The Morgan fingerprint density at radius 2 is 2.00 bits per heavy atom. The lowest BCUT2D eigenvalue weighted by Gasteiger charge is -2.39. The van der Waals surface area contributed by atoms with Crippen LogP contribution in [-0.4, -0.2) is 47.6 Å². The van der Waals surface area contributed by atoms with Crippen molar-refractivity contribution in [1.82, 2.24) is 10.2 Å². The second kappa shape index (κ2) is 4.18. The number of piperidine rings is 1. The summed E-state index contributed by atoms with van der Waals surface area (Å²) in [5.41, 5.74) is 0. The highest BCUT2D eigenvalue weighted by molar-refractivity contribution is 5.85. The van der Waals surface area contributed by atoms with E-state index in [0.717, 1.165) is 25.8 Å². The van der Waals surface area contributed by atoms with Crippen molar-refractivity contribution in [1.29, 1.82) is 0 Å². The SMILES string of the molecule is O=C(O)C1CN(C(=O)[C@H]2CCCCN2)C1. The lowest BCUT2D eigenvalue weighted by molar-refractivity contribution is -0.153. The van der Waals surface area contributed by atoms with E-state index in [0.29, 0.717) is 13.1 Å². The minimum absolute atomic E-state index is 0.0755. The average Bonchev–Trinajstić information content (AvgIpc) is 2.16. The molecule has 0 aromatic rings. The molecule has 0 bridgehead atoms. The van der Waals surface area contributed by atoms with Gasteiger partial charge >= 0.3 is 5.97 Å². The molecule has 2 saturated heterocycles. The van der Waals surface area contributed by atoms with Gasteiger partial charge in [0.2, 0.25) is 5.91 Å². The number of carboxylic acid groups (broad SMARTS) is 1. The smallest absolute Gasteiger partial charge is 0.310 e. The van der Waals surface area contributed by atoms with Gasteiger partial charge in [-0.15, -0.1) is 0 Å². The summed E-state index contributed by atoms with van der Waals surface area (Å²) in [6.45, 7) is 1.66. The van der Waals surface area contributed by atoms with Crippen LogP contribution in [0, 0.1) is 5.92 Å². The molecule has 2 aliphatic heterocycles. The largest absolute Gasteiger partial charge is 0.481 e. The normalized spacial score (nSPS) is 27.2. The first-order valence-electron chi connectivity index (χ1n) is 5.43. The van der Waals surface area contributed by atoms with Gasteiger partial charge in [-0.05, 0) is 19.4 Å². The first-order chi connectivity index (χ1) is 7.18. The molecule has 0 radical (unpaired) electrons. The van der Waals surface area contributed by atoms with Crippen molar-refractivity contribution >= 4 is 11.9 Å².